The highest BCUT2D eigenvalue weighted by Gasteiger charge is 2.20. The molecule has 31 heavy (non-hydrogen) atoms. The SMILES string of the molecule is Cc1cc(=O)[nH]c2cc(OCCCN3CCC(NC(=O)c4ccccc4)CC3)ccc12. The molecular formula is C25H29N3O3. The van der Waals surface area contributed by atoms with Gasteiger partial charge in [0.15, 0.2) is 0 Å². The molecule has 1 saturated heterocycles. The van der Waals surface area contributed by atoms with Crippen molar-refractivity contribution in [3.8, 4) is 5.75 Å². The Hall–Kier alpha value is -3.12. The van der Waals surface area contributed by atoms with E-state index in [4.69, 9.17) is 4.74 Å². The van der Waals surface area contributed by atoms with Crippen LogP contribution in [0.1, 0.15) is 35.2 Å². The van der Waals surface area contributed by atoms with Crippen molar-refractivity contribution in [2.75, 3.05) is 26.2 Å². The van der Waals surface area contributed by atoms with E-state index in [1.165, 1.54) is 0 Å². The van der Waals surface area contributed by atoms with Crippen LogP contribution in [0.2, 0.25) is 0 Å². The lowest BCUT2D eigenvalue weighted by atomic mass is 10.0. The van der Waals surface area contributed by atoms with E-state index in [1.54, 1.807) is 6.07 Å². The number of rotatable bonds is 7. The first-order valence-electron chi connectivity index (χ1n) is 10.9. The van der Waals surface area contributed by atoms with E-state index in [1.807, 2.05) is 55.5 Å². The second-order valence-electron chi connectivity index (χ2n) is 8.18. The van der Waals surface area contributed by atoms with Gasteiger partial charge in [-0.25, -0.2) is 0 Å². The number of pyridine rings is 1. The van der Waals surface area contributed by atoms with Gasteiger partial charge in [-0.05, 0) is 56.0 Å². The fourth-order valence-corrected chi connectivity index (χ4v) is 4.14. The van der Waals surface area contributed by atoms with E-state index >= 15 is 0 Å². The zero-order valence-electron chi connectivity index (χ0n) is 17.9. The largest absolute Gasteiger partial charge is 0.493 e. The monoisotopic (exact) mass is 419 g/mol. The van der Waals surface area contributed by atoms with Crippen molar-refractivity contribution in [3.05, 3.63) is 76.1 Å². The highest BCUT2D eigenvalue weighted by molar-refractivity contribution is 5.94. The number of likely N-dealkylation sites (tertiary alicyclic amines) is 1. The number of nitrogens with zero attached hydrogens (tertiary/aromatic N) is 1. The lowest BCUT2D eigenvalue weighted by Gasteiger charge is -2.32. The number of hydrogen-bond donors (Lipinski definition) is 2. The van der Waals surface area contributed by atoms with Crippen LogP contribution in [0, 0.1) is 6.92 Å². The van der Waals surface area contributed by atoms with Crippen molar-refractivity contribution in [1.82, 2.24) is 15.2 Å². The van der Waals surface area contributed by atoms with Gasteiger partial charge in [0.05, 0.1) is 12.1 Å². The predicted molar refractivity (Wildman–Crippen MR) is 123 cm³/mol. The van der Waals surface area contributed by atoms with Gasteiger partial charge in [-0.1, -0.05) is 18.2 Å². The van der Waals surface area contributed by atoms with Gasteiger partial charge in [0.2, 0.25) is 5.56 Å². The molecule has 0 radical (unpaired) electrons. The average molecular weight is 420 g/mol. The van der Waals surface area contributed by atoms with Crippen molar-refractivity contribution >= 4 is 16.8 Å². The number of nitrogens with one attached hydrogen (secondary N) is 2. The Balaban J connectivity index is 1.18. The van der Waals surface area contributed by atoms with Crippen LogP contribution in [-0.2, 0) is 0 Å². The molecule has 4 rings (SSSR count). The molecule has 2 heterocycles. The first-order valence-corrected chi connectivity index (χ1v) is 10.9. The highest BCUT2D eigenvalue weighted by Crippen LogP contribution is 2.21. The molecule has 1 fully saturated rings. The molecule has 0 unspecified atom stereocenters. The van der Waals surface area contributed by atoms with Crippen LogP contribution in [0.3, 0.4) is 0 Å². The third-order valence-corrected chi connectivity index (χ3v) is 5.87. The zero-order chi connectivity index (χ0) is 21.6. The fourth-order valence-electron chi connectivity index (χ4n) is 4.14. The maximum absolute atomic E-state index is 12.3. The summed E-state index contributed by atoms with van der Waals surface area (Å²) in [6.07, 6.45) is 2.87. The molecule has 162 valence electrons. The quantitative estimate of drug-likeness (QED) is 0.575. The second-order valence-corrected chi connectivity index (χ2v) is 8.18. The minimum absolute atomic E-state index is 0.0133. The summed E-state index contributed by atoms with van der Waals surface area (Å²) in [5.74, 6) is 0.787. The van der Waals surface area contributed by atoms with Crippen molar-refractivity contribution < 1.29 is 9.53 Å². The number of piperidine rings is 1. The topological polar surface area (TPSA) is 74.4 Å². The number of carbonyl (C=O) groups excluding carboxylic acids is 1. The van der Waals surface area contributed by atoms with Gasteiger partial charge in [-0.15, -0.1) is 0 Å². The van der Waals surface area contributed by atoms with E-state index in [-0.39, 0.29) is 17.5 Å². The molecule has 3 aromatic rings. The van der Waals surface area contributed by atoms with Crippen LogP contribution >= 0.6 is 0 Å². The molecule has 1 aliphatic rings. The second kappa shape index (κ2) is 9.79. The van der Waals surface area contributed by atoms with Crippen molar-refractivity contribution in [1.29, 1.82) is 0 Å². The molecule has 0 saturated carbocycles. The van der Waals surface area contributed by atoms with Crippen LogP contribution in [0.4, 0.5) is 0 Å². The average Bonchev–Trinajstić information content (AvgIpc) is 2.78. The fraction of sp³-hybridized carbons (Fsp3) is 0.360. The van der Waals surface area contributed by atoms with Gasteiger partial charge >= 0.3 is 0 Å². The van der Waals surface area contributed by atoms with E-state index in [9.17, 15) is 9.59 Å². The molecule has 0 aliphatic carbocycles. The minimum Gasteiger partial charge on any atom is -0.493 e. The van der Waals surface area contributed by atoms with Crippen LogP contribution in [0.25, 0.3) is 10.9 Å². The summed E-state index contributed by atoms with van der Waals surface area (Å²) < 4.78 is 5.90. The third kappa shape index (κ3) is 5.52. The Labute approximate surface area is 182 Å². The Kier molecular flexibility index (Phi) is 6.67. The number of amides is 1. The Morgan fingerprint density at radius 1 is 1.13 bits per heavy atom. The summed E-state index contributed by atoms with van der Waals surface area (Å²) in [6, 6.07) is 17.1. The number of carbonyl (C=O) groups is 1. The first kappa shape index (κ1) is 21.1. The third-order valence-electron chi connectivity index (χ3n) is 5.87. The van der Waals surface area contributed by atoms with Crippen LogP contribution in [0.5, 0.6) is 5.75 Å². The number of ether oxygens (including phenoxy) is 1. The van der Waals surface area contributed by atoms with Crippen molar-refractivity contribution in [2.24, 2.45) is 0 Å². The number of aromatic nitrogens is 1. The lowest BCUT2D eigenvalue weighted by Crippen LogP contribution is -2.45. The summed E-state index contributed by atoms with van der Waals surface area (Å²) in [5.41, 5.74) is 2.40. The molecule has 0 atom stereocenters. The minimum atomic E-state index is -0.0921. The summed E-state index contributed by atoms with van der Waals surface area (Å²) in [6.45, 7) is 5.51. The first-order chi connectivity index (χ1) is 15.1. The highest BCUT2D eigenvalue weighted by atomic mass is 16.5. The molecule has 1 aromatic heterocycles. The normalized spacial score (nSPS) is 15.1. The summed E-state index contributed by atoms with van der Waals surface area (Å²) in [7, 11) is 0. The van der Waals surface area contributed by atoms with E-state index in [0.29, 0.717) is 6.61 Å². The number of aryl methyl sites for hydroxylation is 1. The molecule has 6 heteroatoms. The number of aromatic amines is 1. The standard InChI is InChI=1S/C25H29N3O3/c1-18-16-24(29)27-23-17-21(8-9-22(18)23)31-15-5-12-28-13-10-20(11-14-28)26-25(30)19-6-3-2-4-7-19/h2-4,6-9,16-17,20H,5,10-15H2,1H3,(H,26,30)(H,27,29). The molecule has 1 amide bonds. The molecule has 6 nitrogen and oxygen atoms in total. The van der Waals surface area contributed by atoms with Gasteiger partial charge in [0, 0.05) is 48.8 Å². The van der Waals surface area contributed by atoms with Gasteiger partial charge in [-0.2, -0.15) is 0 Å². The van der Waals surface area contributed by atoms with Gasteiger partial charge < -0.3 is 19.9 Å². The molecule has 2 N–H and O–H groups in total. The van der Waals surface area contributed by atoms with Crippen LogP contribution in [0.15, 0.2) is 59.4 Å². The molecule has 0 bridgehead atoms. The number of benzene rings is 2. The zero-order valence-corrected chi connectivity index (χ0v) is 17.9. The van der Waals surface area contributed by atoms with E-state index in [0.717, 1.165) is 66.7 Å². The molecule has 2 aromatic carbocycles. The smallest absolute Gasteiger partial charge is 0.251 e. The lowest BCUT2D eigenvalue weighted by molar-refractivity contribution is 0.0909. The molecular weight excluding hydrogens is 390 g/mol. The van der Waals surface area contributed by atoms with E-state index < -0.39 is 0 Å². The summed E-state index contributed by atoms with van der Waals surface area (Å²) in [5, 5.41) is 4.19. The van der Waals surface area contributed by atoms with Gasteiger partial charge in [-0.3, -0.25) is 9.59 Å². The summed E-state index contributed by atoms with van der Waals surface area (Å²) >= 11 is 0. The van der Waals surface area contributed by atoms with Crippen LogP contribution < -0.4 is 15.6 Å². The van der Waals surface area contributed by atoms with E-state index in [2.05, 4.69) is 15.2 Å². The Morgan fingerprint density at radius 2 is 1.90 bits per heavy atom. The van der Waals surface area contributed by atoms with Gasteiger partial charge in [0.25, 0.3) is 5.91 Å². The Morgan fingerprint density at radius 3 is 2.68 bits per heavy atom. The number of fused-ring (bicyclic) bond motifs is 1. The number of H-pyrrole nitrogens is 1. The van der Waals surface area contributed by atoms with Crippen LogP contribution in [-0.4, -0.2) is 48.1 Å². The summed E-state index contributed by atoms with van der Waals surface area (Å²) in [4.78, 5) is 29.3. The number of hydrogen-bond acceptors (Lipinski definition) is 4. The maximum Gasteiger partial charge on any atom is 0.251 e. The predicted octanol–water partition coefficient (Wildman–Crippen LogP) is 3.50. The Bertz CT molecular complexity index is 1090. The van der Waals surface area contributed by atoms with Crippen molar-refractivity contribution in [2.45, 2.75) is 32.2 Å². The van der Waals surface area contributed by atoms with Crippen molar-refractivity contribution in [3.63, 3.8) is 0 Å². The maximum atomic E-state index is 12.3. The molecule has 1 aliphatic heterocycles. The van der Waals surface area contributed by atoms with Gasteiger partial charge in [0.1, 0.15) is 5.75 Å². The molecule has 0 spiro atoms.